The van der Waals surface area contributed by atoms with E-state index in [0.29, 0.717) is 6.61 Å². The molecule has 0 atom stereocenters. The average Bonchev–Trinajstić information content (AvgIpc) is 2.16. The molecular formula is C12H21NO3. The van der Waals surface area contributed by atoms with Gasteiger partial charge in [0.25, 0.3) is 0 Å². The Morgan fingerprint density at radius 1 is 1.25 bits per heavy atom. The predicted octanol–water partition coefficient (Wildman–Crippen LogP) is 1.82. The van der Waals surface area contributed by atoms with Crippen molar-refractivity contribution in [2.75, 3.05) is 6.61 Å². The largest absolute Gasteiger partial charge is 0.463 e. The molecule has 0 fully saturated rings. The van der Waals surface area contributed by atoms with E-state index in [1.54, 1.807) is 6.92 Å². The van der Waals surface area contributed by atoms with Gasteiger partial charge in [-0.1, -0.05) is 13.2 Å². The number of carbonyl (C=O) groups is 2. The van der Waals surface area contributed by atoms with Crippen molar-refractivity contribution in [3.8, 4) is 0 Å². The van der Waals surface area contributed by atoms with E-state index in [0.717, 1.165) is 6.08 Å². The van der Waals surface area contributed by atoms with Crippen LogP contribution in [-0.4, -0.2) is 24.0 Å². The van der Waals surface area contributed by atoms with Gasteiger partial charge in [0.2, 0.25) is 5.91 Å². The summed E-state index contributed by atoms with van der Waals surface area (Å²) in [6.45, 7) is 14.5. The van der Waals surface area contributed by atoms with Crippen LogP contribution in [0, 0.1) is 0 Å². The number of nitrogens with one attached hydrogen (secondary N) is 1. The van der Waals surface area contributed by atoms with Crippen LogP contribution in [0.4, 0.5) is 0 Å². The Bertz CT molecular complexity index is 251. The van der Waals surface area contributed by atoms with Crippen molar-refractivity contribution in [2.24, 2.45) is 0 Å². The summed E-state index contributed by atoms with van der Waals surface area (Å²) in [4.78, 5) is 20.7. The zero-order valence-electron chi connectivity index (χ0n) is 10.5. The molecule has 0 radical (unpaired) electrons. The van der Waals surface area contributed by atoms with Crippen LogP contribution >= 0.6 is 0 Å². The van der Waals surface area contributed by atoms with Crippen LogP contribution in [0.2, 0.25) is 0 Å². The van der Waals surface area contributed by atoms with Gasteiger partial charge < -0.3 is 10.1 Å². The minimum absolute atomic E-state index is 0.123. The second kappa shape index (κ2) is 8.71. The first-order valence-electron chi connectivity index (χ1n) is 5.00. The van der Waals surface area contributed by atoms with Crippen molar-refractivity contribution in [1.29, 1.82) is 0 Å². The number of rotatable bonds is 3. The molecule has 0 aromatic heterocycles. The highest BCUT2D eigenvalue weighted by Gasteiger charge is 2.10. The number of hydrogen-bond donors (Lipinski definition) is 1. The number of amides is 1. The molecule has 0 saturated heterocycles. The third-order valence-corrected chi connectivity index (χ3v) is 1.14. The van der Waals surface area contributed by atoms with Gasteiger partial charge in [0.05, 0.1) is 6.61 Å². The van der Waals surface area contributed by atoms with Crippen LogP contribution in [0.25, 0.3) is 0 Å². The Balaban J connectivity index is 0. The quantitative estimate of drug-likeness (QED) is 0.591. The summed E-state index contributed by atoms with van der Waals surface area (Å²) >= 11 is 0. The van der Waals surface area contributed by atoms with E-state index in [-0.39, 0.29) is 17.4 Å². The summed E-state index contributed by atoms with van der Waals surface area (Å²) in [6.07, 6.45) is 2.41. The van der Waals surface area contributed by atoms with E-state index >= 15 is 0 Å². The van der Waals surface area contributed by atoms with Crippen LogP contribution < -0.4 is 5.32 Å². The van der Waals surface area contributed by atoms with Gasteiger partial charge >= 0.3 is 5.97 Å². The molecule has 0 aromatic carbocycles. The molecule has 0 unspecified atom stereocenters. The predicted molar refractivity (Wildman–Crippen MR) is 64.9 cm³/mol. The molecule has 1 N–H and O–H groups in total. The zero-order chi connectivity index (χ0) is 13.2. The van der Waals surface area contributed by atoms with Gasteiger partial charge in [-0.2, -0.15) is 0 Å². The fourth-order valence-corrected chi connectivity index (χ4v) is 0.622. The topological polar surface area (TPSA) is 55.4 Å². The normalized spacial score (nSPS) is 9.25. The maximum atomic E-state index is 10.6. The highest BCUT2D eigenvalue weighted by Crippen LogP contribution is 1.97. The third kappa shape index (κ3) is 14.9. The van der Waals surface area contributed by atoms with Crippen molar-refractivity contribution >= 4 is 11.9 Å². The van der Waals surface area contributed by atoms with Gasteiger partial charge in [-0.3, -0.25) is 4.79 Å². The van der Waals surface area contributed by atoms with Crippen molar-refractivity contribution in [3.63, 3.8) is 0 Å². The highest BCUT2D eigenvalue weighted by molar-refractivity contribution is 5.87. The first kappa shape index (κ1) is 16.8. The van der Waals surface area contributed by atoms with E-state index in [1.165, 1.54) is 6.08 Å². The standard InChI is InChI=1S/C7H13NO.C5H8O2/c1-5-6(9)8-7(2,3)4;1-3-5(6)7-4-2/h5H,1H2,2-4H3,(H,8,9);3H,1,4H2,2H3. The Kier molecular flexibility index (Phi) is 9.16. The van der Waals surface area contributed by atoms with E-state index in [1.807, 2.05) is 20.8 Å². The minimum atomic E-state index is -0.359. The molecule has 0 bridgehead atoms. The fourth-order valence-electron chi connectivity index (χ4n) is 0.622. The maximum absolute atomic E-state index is 10.6. The molecule has 4 nitrogen and oxygen atoms in total. The molecule has 16 heavy (non-hydrogen) atoms. The van der Waals surface area contributed by atoms with E-state index < -0.39 is 0 Å². The molecule has 0 spiro atoms. The van der Waals surface area contributed by atoms with Crippen LogP contribution in [0.3, 0.4) is 0 Å². The van der Waals surface area contributed by atoms with E-state index in [9.17, 15) is 9.59 Å². The van der Waals surface area contributed by atoms with Crippen molar-refractivity contribution < 1.29 is 14.3 Å². The lowest BCUT2D eigenvalue weighted by molar-refractivity contribution is -0.137. The summed E-state index contributed by atoms with van der Waals surface area (Å²) in [5.41, 5.74) is -0.148. The fraction of sp³-hybridized carbons (Fsp3) is 0.500. The van der Waals surface area contributed by atoms with E-state index in [4.69, 9.17) is 0 Å². The van der Waals surface area contributed by atoms with Crippen molar-refractivity contribution in [1.82, 2.24) is 5.32 Å². The number of esters is 1. The van der Waals surface area contributed by atoms with Crippen molar-refractivity contribution in [3.05, 3.63) is 25.3 Å². The minimum Gasteiger partial charge on any atom is -0.463 e. The second-order valence-corrected chi connectivity index (χ2v) is 3.90. The molecule has 92 valence electrons. The molecule has 0 rings (SSSR count). The molecule has 0 saturated carbocycles. The summed E-state index contributed by atoms with van der Waals surface area (Å²) < 4.78 is 4.43. The molecule has 4 heteroatoms. The van der Waals surface area contributed by atoms with Gasteiger partial charge in [0.1, 0.15) is 0 Å². The lowest BCUT2D eigenvalue weighted by atomic mass is 10.1. The Labute approximate surface area is 97.4 Å². The van der Waals surface area contributed by atoms with Crippen LogP contribution in [0.5, 0.6) is 0 Å². The molecular weight excluding hydrogens is 206 g/mol. The first-order valence-corrected chi connectivity index (χ1v) is 5.00. The molecule has 0 heterocycles. The molecule has 0 aliphatic heterocycles. The van der Waals surface area contributed by atoms with Crippen LogP contribution in [-0.2, 0) is 14.3 Å². The van der Waals surface area contributed by atoms with Crippen LogP contribution in [0.15, 0.2) is 25.3 Å². The second-order valence-electron chi connectivity index (χ2n) is 3.90. The lowest BCUT2D eigenvalue weighted by Crippen LogP contribution is -2.39. The summed E-state index contributed by atoms with van der Waals surface area (Å²) in [6, 6.07) is 0. The number of ether oxygens (including phenoxy) is 1. The summed E-state index contributed by atoms with van der Waals surface area (Å²) in [5.74, 6) is -0.481. The Morgan fingerprint density at radius 3 is 1.88 bits per heavy atom. The zero-order valence-corrected chi connectivity index (χ0v) is 10.5. The number of carbonyl (C=O) groups excluding carboxylic acids is 2. The smallest absolute Gasteiger partial charge is 0.330 e. The van der Waals surface area contributed by atoms with Gasteiger partial charge in [-0.05, 0) is 33.8 Å². The first-order chi connectivity index (χ1) is 7.26. The monoisotopic (exact) mass is 227 g/mol. The lowest BCUT2D eigenvalue weighted by Gasteiger charge is -2.18. The van der Waals surface area contributed by atoms with Gasteiger partial charge in [-0.25, -0.2) is 4.79 Å². The molecule has 0 aliphatic rings. The Morgan fingerprint density at radius 2 is 1.75 bits per heavy atom. The Hall–Kier alpha value is -1.58. The van der Waals surface area contributed by atoms with Crippen molar-refractivity contribution in [2.45, 2.75) is 33.2 Å². The SMILES string of the molecule is C=CC(=O)NC(C)(C)C.C=CC(=O)OCC. The van der Waals surface area contributed by atoms with E-state index in [2.05, 4.69) is 23.2 Å². The van der Waals surface area contributed by atoms with Gasteiger partial charge in [-0.15, -0.1) is 0 Å². The molecule has 0 aliphatic carbocycles. The maximum Gasteiger partial charge on any atom is 0.330 e. The summed E-state index contributed by atoms with van der Waals surface area (Å²) in [5, 5.41) is 2.71. The van der Waals surface area contributed by atoms with Gasteiger partial charge in [0.15, 0.2) is 0 Å². The number of hydrogen-bond acceptors (Lipinski definition) is 3. The molecule has 1 amide bonds. The molecule has 0 aromatic rings. The van der Waals surface area contributed by atoms with Crippen LogP contribution in [0.1, 0.15) is 27.7 Å². The van der Waals surface area contributed by atoms with Gasteiger partial charge in [0, 0.05) is 11.6 Å². The summed E-state index contributed by atoms with van der Waals surface area (Å²) in [7, 11) is 0. The average molecular weight is 227 g/mol. The highest BCUT2D eigenvalue weighted by atomic mass is 16.5. The third-order valence-electron chi connectivity index (χ3n) is 1.14.